The fraction of sp³-hybridized carbons (Fsp3) is 0.160. The van der Waals surface area contributed by atoms with Crippen LogP contribution in [0.5, 0.6) is 11.5 Å². The van der Waals surface area contributed by atoms with Crippen molar-refractivity contribution >= 4 is 28.6 Å². The van der Waals surface area contributed by atoms with Crippen molar-refractivity contribution in [2.24, 2.45) is 5.73 Å². The summed E-state index contributed by atoms with van der Waals surface area (Å²) in [6, 6.07) is 21.8. The molecule has 0 aliphatic heterocycles. The van der Waals surface area contributed by atoms with Crippen molar-refractivity contribution in [3.05, 3.63) is 94.3 Å². The van der Waals surface area contributed by atoms with Gasteiger partial charge in [-0.15, -0.1) is 0 Å². The first-order valence-electron chi connectivity index (χ1n) is 10.2. The molecular weight excluding hydrogens is 438 g/mol. The van der Waals surface area contributed by atoms with Gasteiger partial charge in [0.25, 0.3) is 5.56 Å². The van der Waals surface area contributed by atoms with Crippen LogP contribution in [0.15, 0.2) is 82.7 Å². The number of nitrogens with zero attached hydrogens (tertiary/aromatic N) is 2. The predicted molar refractivity (Wildman–Crippen MR) is 129 cm³/mol. The standard InChI is InChI=1S/C25H23N3O4S/c1-31-20-13-12-16(14-21(20)32-2)15-28-24(30)18-10-6-7-11-19(18)27-25(28)33-22(23(26)29)17-8-4-3-5-9-17/h3-14,22H,15H2,1-2H3,(H2,26,29). The van der Waals surface area contributed by atoms with E-state index in [1.165, 1.54) is 0 Å². The second-order valence-corrected chi connectivity index (χ2v) is 8.38. The topological polar surface area (TPSA) is 96.4 Å². The largest absolute Gasteiger partial charge is 0.493 e. The van der Waals surface area contributed by atoms with Gasteiger partial charge in [-0.1, -0.05) is 60.3 Å². The average molecular weight is 462 g/mol. The van der Waals surface area contributed by atoms with Crippen LogP contribution in [0.25, 0.3) is 10.9 Å². The summed E-state index contributed by atoms with van der Waals surface area (Å²) in [5.74, 6) is 0.647. The smallest absolute Gasteiger partial charge is 0.262 e. The van der Waals surface area contributed by atoms with Crippen LogP contribution in [0.4, 0.5) is 0 Å². The molecule has 0 saturated carbocycles. The minimum atomic E-state index is -0.698. The molecule has 1 unspecified atom stereocenters. The van der Waals surface area contributed by atoms with E-state index in [-0.39, 0.29) is 12.1 Å². The number of nitrogens with two attached hydrogens (primary N) is 1. The molecule has 4 rings (SSSR count). The van der Waals surface area contributed by atoms with Crippen LogP contribution in [0.1, 0.15) is 16.4 Å². The highest BCUT2D eigenvalue weighted by molar-refractivity contribution is 8.00. The van der Waals surface area contributed by atoms with Crippen LogP contribution in [0.3, 0.4) is 0 Å². The molecule has 0 bridgehead atoms. The molecule has 168 valence electrons. The third-order valence-corrected chi connectivity index (χ3v) is 6.46. The van der Waals surface area contributed by atoms with Crippen molar-refractivity contribution in [3.63, 3.8) is 0 Å². The van der Waals surface area contributed by atoms with E-state index in [9.17, 15) is 9.59 Å². The molecule has 0 fully saturated rings. The highest BCUT2D eigenvalue weighted by Gasteiger charge is 2.23. The van der Waals surface area contributed by atoms with Gasteiger partial charge < -0.3 is 15.2 Å². The normalized spacial score (nSPS) is 11.8. The predicted octanol–water partition coefficient (Wildman–Crippen LogP) is 3.78. The Morgan fingerprint density at radius 2 is 1.70 bits per heavy atom. The molecule has 0 spiro atoms. The van der Waals surface area contributed by atoms with Gasteiger partial charge in [0.1, 0.15) is 5.25 Å². The minimum absolute atomic E-state index is 0.200. The number of thioether (sulfide) groups is 1. The maximum Gasteiger partial charge on any atom is 0.262 e. The van der Waals surface area contributed by atoms with Crippen LogP contribution in [0, 0.1) is 0 Å². The van der Waals surface area contributed by atoms with Crippen LogP contribution in [0.2, 0.25) is 0 Å². The SMILES string of the molecule is COc1ccc(Cn2c(SC(C(N)=O)c3ccccc3)nc3ccccc3c2=O)cc1OC. The van der Waals surface area contributed by atoms with Crippen molar-refractivity contribution in [1.29, 1.82) is 0 Å². The van der Waals surface area contributed by atoms with Crippen LogP contribution in [-0.2, 0) is 11.3 Å². The Hall–Kier alpha value is -3.78. The first-order chi connectivity index (χ1) is 16.0. The summed E-state index contributed by atoms with van der Waals surface area (Å²) in [6.07, 6.45) is 0. The van der Waals surface area contributed by atoms with Crippen LogP contribution >= 0.6 is 11.8 Å². The molecule has 1 atom stereocenters. The van der Waals surface area contributed by atoms with Crippen molar-refractivity contribution in [3.8, 4) is 11.5 Å². The number of carbonyl (C=O) groups is 1. The Labute approximate surface area is 195 Å². The molecule has 0 radical (unpaired) electrons. The molecule has 7 nitrogen and oxygen atoms in total. The Kier molecular flexibility index (Phi) is 6.65. The number of ether oxygens (including phenoxy) is 2. The Balaban J connectivity index is 1.83. The van der Waals surface area contributed by atoms with Crippen LogP contribution < -0.4 is 20.8 Å². The maximum atomic E-state index is 13.5. The molecule has 0 saturated heterocycles. The molecule has 0 aliphatic carbocycles. The summed E-state index contributed by atoms with van der Waals surface area (Å²) >= 11 is 1.16. The fourth-order valence-electron chi connectivity index (χ4n) is 3.56. The number of benzene rings is 3. The van der Waals surface area contributed by atoms with Gasteiger partial charge in [-0.2, -0.15) is 0 Å². The van der Waals surface area contributed by atoms with Crippen molar-refractivity contribution in [2.75, 3.05) is 14.2 Å². The highest BCUT2D eigenvalue weighted by Crippen LogP contribution is 2.35. The lowest BCUT2D eigenvalue weighted by molar-refractivity contribution is -0.117. The van der Waals surface area contributed by atoms with E-state index in [0.29, 0.717) is 27.6 Å². The van der Waals surface area contributed by atoms with Gasteiger partial charge in [0.05, 0.1) is 31.7 Å². The summed E-state index contributed by atoms with van der Waals surface area (Å²) in [5, 5.41) is 0.203. The summed E-state index contributed by atoms with van der Waals surface area (Å²) in [6.45, 7) is 0.236. The summed E-state index contributed by atoms with van der Waals surface area (Å²) in [7, 11) is 3.13. The molecule has 8 heteroatoms. The van der Waals surface area contributed by atoms with Crippen molar-refractivity contribution < 1.29 is 14.3 Å². The number of primary amides is 1. The van der Waals surface area contributed by atoms with Gasteiger partial charge in [0.15, 0.2) is 16.7 Å². The zero-order valence-electron chi connectivity index (χ0n) is 18.2. The molecule has 3 aromatic carbocycles. The molecule has 2 N–H and O–H groups in total. The second kappa shape index (κ2) is 9.79. The molecule has 33 heavy (non-hydrogen) atoms. The molecule has 1 amide bonds. The molecule has 1 aromatic heterocycles. The number of hydrogen-bond donors (Lipinski definition) is 1. The maximum absolute atomic E-state index is 13.5. The van der Waals surface area contributed by atoms with E-state index in [1.807, 2.05) is 48.5 Å². The van der Waals surface area contributed by atoms with Crippen molar-refractivity contribution in [2.45, 2.75) is 17.0 Å². The number of amides is 1. The third kappa shape index (κ3) is 4.70. The van der Waals surface area contributed by atoms with Crippen molar-refractivity contribution in [1.82, 2.24) is 9.55 Å². The lowest BCUT2D eigenvalue weighted by Gasteiger charge is -2.18. The van der Waals surface area contributed by atoms with Gasteiger partial charge in [-0.05, 0) is 35.4 Å². The zero-order valence-corrected chi connectivity index (χ0v) is 19.0. The highest BCUT2D eigenvalue weighted by atomic mass is 32.2. The van der Waals surface area contributed by atoms with E-state index in [4.69, 9.17) is 20.2 Å². The first kappa shape index (κ1) is 22.4. The van der Waals surface area contributed by atoms with E-state index >= 15 is 0 Å². The van der Waals surface area contributed by atoms with E-state index < -0.39 is 11.2 Å². The summed E-state index contributed by atoms with van der Waals surface area (Å²) in [5.41, 5.74) is 7.66. The number of rotatable bonds is 8. The first-order valence-corrected chi connectivity index (χ1v) is 11.1. The molecule has 1 heterocycles. The van der Waals surface area contributed by atoms with Crippen LogP contribution in [-0.4, -0.2) is 29.7 Å². The quantitative estimate of drug-likeness (QED) is 0.317. The Morgan fingerprint density at radius 3 is 2.39 bits per heavy atom. The Bertz CT molecular complexity index is 1360. The molecular formula is C25H23N3O4S. The van der Waals surface area contributed by atoms with Gasteiger partial charge in [-0.3, -0.25) is 14.2 Å². The number of fused-ring (bicyclic) bond motifs is 1. The average Bonchev–Trinajstić information content (AvgIpc) is 2.84. The number of hydrogen-bond acceptors (Lipinski definition) is 6. The van der Waals surface area contributed by atoms with E-state index in [2.05, 4.69) is 0 Å². The third-order valence-electron chi connectivity index (χ3n) is 5.20. The second-order valence-electron chi connectivity index (χ2n) is 7.30. The van der Waals surface area contributed by atoms with Gasteiger partial charge >= 0.3 is 0 Å². The molecule has 4 aromatic rings. The van der Waals surface area contributed by atoms with Gasteiger partial charge in [0, 0.05) is 0 Å². The summed E-state index contributed by atoms with van der Waals surface area (Å²) < 4.78 is 12.3. The lowest BCUT2D eigenvalue weighted by Crippen LogP contribution is -2.26. The van der Waals surface area contributed by atoms with E-state index in [1.54, 1.807) is 43.1 Å². The zero-order chi connectivity index (χ0) is 23.4. The summed E-state index contributed by atoms with van der Waals surface area (Å²) in [4.78, 5) is 30.5. The van der Waals surface area contributed by atoms with Gasteiger partial charge in [0.2, 0.25) is 5.91 Å². The number of methoxy groups -OCH3 is 2. The molecule has 0 aliphatic rings. The number of para-hydroxylation sites is 1. The number of aromatic nitrogens is 2. The monoisotopic (exact) mass is 461 g/mol. The Morgan fingerprint density at radius 1 is 1.00 bits per heavy atom. The fourth-order valence-corrected chi connectivity index (χ4v) is 4.61. The van der Waals surface area contributed by atoms with E-state index in [0.717, 1.165) is 22.9 Å². The van der Waals surface area contributed by atoms with Gasteiger partial charge in [-0.25, -0.2) is 4.98 Å². The lowest BCUT2D eigenvalue weighted by atomic mass is 10.1. The number of carbonyl (C=O) groups excluding carboxylic acids is 1. The minimum Gasteiger partial charge on any atom is -0.493 e.